The Balaban J connectivity index is 2.89. The third-order valence-electron chi connectivity index (χ3n) is 2.18. The number of carbonyl (C=O) groups is 2. The van der Waals surface area contributed by atoms with Crippen LogP contribution in [0.5, 0.6) is 0 Å². The molecule has 90 valence electrons. The van der Waals surface area contributed by atoms with Crippen LogP contribution in [0.25, 0.3) is 0 Å². The van der Waals surface area contributed by atoms with E-state index in [9.17, 15) is 9.59 Å². The molecule has 0 spiro atoms. The van der Waals surface area contributed by atoms with Crippen LogP contribution < -0.4 is 0 Å². The highest BCUT2D eigenvalue weighted by molar-refractivity contribution is 6.02. The first kappa shape index (κ1) is 13.0. The second kappa shape index (κ2) is 5.84. The number of carboxylic acid groups (broad SMARTS) is 1. The van der Waals surface area contributed by atoms with E-state index in [0.29, 0.717) is 6.42 Å². The molecule has 4 nitrogen and oxygen atoms in total. The Kier molecular flexibility index (Phi) is 4.46. The third kappa shape index (κ3) is 3.45. The SMILES string of the molecule is C=CC[C@H](C)OC(=O)c1ccccc1C(=O)O. The lowest BCUT2D eigenvalue weighted by atomic mass is 10.1. The van der Waals surface area contributed by atoms with Crippen LogP contribution in [-0.2, 0) is 4.74 Å². The molecule has 1 N–H and O–H groups in total. The highest BCUT2D eigenvalue weighted by Crippen LogP contribution is 2.12. The standard InChI is InChI=1S/C13H14O4/c1-3-6-9(2)17-13(16)11-8-5-4-7-10(11)12(14)15/h3-5,7-9H,1,6H2,2H3,(H,14,15)/t9-/m0/s1. The van der Waals surface area contributed by atoms with Gasteiger partial charge in [-0.15, -0.1) is 6.58 Å². The average Bonchev–Trinajstić information content (AvgIpc) is 2.29. The van der Waals surface area contributed by atoms with E-state index in [4.69, 9.17) is 9.84 Å². The summed E-state index contributed by atoms with van der Waals surface area (Å²) in [5.41, 5.74) is 0.0132. The molecule has 1 atom stereocenters. The summed E-state index contributed by atoms with van der Waals surface area (Å²) in [6.45, 7) is 5.27. The molecule has 0 aromatic heterocycles. The van der Waals surface area contributed by atoms with Gasteiger partial charge < -0.3 is 9.84 Å². The maximum Gasteiger partial charge on any atom is 0.339 e. The first-order chi connectivity index (χ1) is 8.06. The van der Waals surface area contributed by atoms with Gasteiger partial charge in [0.15, 0.2) is 0 Å². The molecule has 0 radical (unpaired) electrons. The molecule has 0 heterocycles. The lowest BCUT2D eigenvalue weighted by Crippen LogP contribution is -2.17. The van der Waals surface area contributed by atoms with Crippen LogP contribution in [0.3, 0.4) is 0 Å². The van der Waals surface area contributed by atoms with Gasteiger partial charge in [0.1, 0.15) is 6.10 Å². The Labute approximate surface area is 99.5 Å². The highest BCUT2D eigenvalue weighted by Gasteiger charge is 2.18. The topological polar surface area (TPSA) is 63.6 Å². The number of benzene rings is 1. The monoisotopic (exact) mass is 234 g/mol. The number of aromatic carboxylic acids is 1. The molecule has 0 aliphatic rings. The molecule has 0 saturated heterocycles. The maximum absolute atomic E-state index is 11.7. The van der Waals surface area contributed by atoms with Gasteiger partial charge in [0, 0.05) is 6.42 Å². The normalized spacial score (nSPS) is 11.6. The summed E-state index contributed by atoms with van der Waals surface area (Å²) in [7, 11) is 0. The molecular formula is C13H14O4. The predicted octanol–water partition coefficient (Wildman–Crippen LogP) is 2.51. The molecule has 1 rings (SSSR count). The van der Waals surface area contributed by atoms with Crippen LogP contribution in [-0.4, -0.2) is 23.1 Å². The zero-order valence-corrected chi connectivity index (χ0v) is 9.55. The van der Waals surface area contributed by atoms with E-state index in [1.165, 1.54) is 12.1 Å². The number of hydrogen-bond acceptors (Lipinski definition) is 3. The smallest absolute Gasteiger partial charge is 0.339 e. The van der Waals surface area contributed by atoms with E-state index in [2.05, 4.69) is 6.58 Å². The Hall–Kier alpha value is -2.10. The first-order valence-corrected chi connectivity index (χ1v) is 5.20. The zero-order valence-electron chi connectivity index (χ0n) is 9.55. The highest BCUT2D eigenvalue weighted by atomic mass is 16.5. The lowest BCUT2D eigenvalue weighted by molar-refractivity contribution is 0.0342. The Morgan fingerprint density at radius 3 is 2.53 bits per heavy atom. The number of ether oxygens (including phenoxy) is 1. The van der Waals surface area contributed by atoms with Crippen molar-refractivity contribution in [1.29, 1.82) is 0 Å². The van der Waals surface area contributed by atoms with Crippen molar-refractivity contribution in [3.05, 3.63) is 48.0 Å². The van der Waals surface area contributed by atoms with Crippen LogP contribution in [0.2, 0.25) is 0 Å². The predicted molar refractivity (Wildman–Crippen MR) is 63.1 cm³/mol. The summed E-state index contributed by atoms with van der Waals surface area (Å²) in [5, 5.41) is 8.93. The fourth-order valence-corrected chi connectivity index (χ4v) is 1.38. The van der Waals surface area contributed by atoms with Gasteiger partial charge in [-0.05, 0) is 19.1 Å². The minimum Gasteiger partial charge on any atom is -0.478 e. The first-order valence-electron chi connectivity index (χ1n) is 5.20. The molecule has 0 fully saturated rings. The largest absolute Gasteiger partial charge is 0.478 e. The van der Waals surface area contributed by atoms with Gasteiger partial charge in [0.2, 0.25) is 0 Å². The summed E-state index contributed by atoms with van der Waals surface area (Å²) in [5.74, 6) is -1.77. The molecule has 17 heavy (non-hydrogen) atoms. The molecule has 0 amide bonds. The van der Waals surface area contributed by atoms with Gasteiger partial charge in [-0.3, -0.25) is 0 Å². The number of carboxylic acids is 1. The van der Waals surface area contributed by atoms with Crippen molar-refractivity contribution >= 4 is 11.9 Å². The van der Waals surface area contributed by atoms with Crippen LogP contribution >= 0.6 is 0 Å². The molecule has 0 unspecified atom stereocenters. The van der Waals surface area contributed by atoms with Gasteiger partial charge >= 0.3 is 11.9 Å². The van der Waals surface area contributed by atoms with Crippen LogP contribution in [0.4, 0.5) is 0 Å². The number of hydrogen-bond donors (Lipinski definition) is 1. The second-order valence-electron chi connectivity index (χ2n) is 3.59. The van der Waals surface area contributed by atoms with Crippen molar-refractivity contribution in [2.45, 2.75) is 19.4 Å². The van der Waals surface area contributed by atoms with Crippen molar-refractivity contribution in [2.24, 2.45) is 0 Å². The van der Waals surface area contributed by atoms with Gasteiger partial charge in [0.25, 0.3) is 0 Å². The maximum atomic E-state index is 11.7. The summed E-state index contributed by atoms with van der Waals surface area (Å²) < 4.78 is 5.09. The van der Waals surface area contributed by atoms with E-state index < -0.39 is 11.9 Å². The van der Waals surface area contributed by atoms with Gasteiger partial charge in [-0.25, -0.2) is 9.59 Å². The van der Waals surface area contributed by atoms with Crippen LogP contribution in [0.1, 0.15) is 34.1 Å². The molecular weight excluding hydrogens is 220 g/mol. The van der Waals surface area contributed by atoms with Crippen molar-refractivity contribution in [1.82, 2.24) is 0 Å². The Bertz CT molecular complexity index is 437. The summed E-state index contributed by atoms with van der Waals surface area (Å²) >= 11 is 0. The Morgan fingerprint density at radius 2 is 2.00 bits per heavy atom. The molecule has 1 aromatic carbocycles. The van der Waals surface area contributed by atoms with E-state index in [-0.39, 0.29) is 17.2 Å². The van der Waals surface area contributed by atoms with Crippen LogP contribution in [0, 0.1) is 0 Å². The zero-order chi connectivity index (χ0) is 12.8. The minimum atomic E-state index is -1.14. The second-order valence-corrected chi connectivity index (χ2v) is 3.59. The average molecular weight is 234 g/mol. The van der Waals surface area contributed by atoms with E-state index in [1.54, 1.807) is 25.1 Å². The van der Waals surface area contributed by atoms with Crippen molar-refractivity contribution < 1.29 is 19.4 Å². The van der Waals surface area contributed by atoms with E-state index in [0.717, 1.165) is 0 Å². The summed E-state index contributed by atoms with van der Waals surface area (Å²) in [6.07, 6.45) is 1.85. The molecule has 0 saturated carbocycles. The lowest BCUT2D eigenvalue weighted by Gasteiger charge is -2.12. The molecule has 1 aromatic rings. The molecule has 0 aliphatic carbocycles. The summed E-state index contributed by atoms with van der Waals surface area (Å²) in [4.78, 5) is 22.6. The van der Waals surface area contributed by atoms with Gasteiger partial charge in [-0.2, -0.15) is 0 Å². The molecule has 4 heteroatoms. The number of rotatable bonds is 5. The molecule has 0 bridgehead atoms. The Morgan fingerprint density at radius 1 is 1.41 bits per heavy atom. The van der Waals surface area contributed by atoms with E-state index in [1.807, 2.05) is 0 Å². The van der Waals surface area contributed by atoms with Crippen LogP contribution in [0.15, 0.2) is 36.9 Å². The van der Waals surface area contributed by atoms with Gasteiger partial charge in [0.05, 0.1) is 11.1 Å². The number of esters is 1. The fraction of sp³-hybridized carbons (Fsp3) is 0.231. The third-order valence-corrected chi connectivity index (χ3v) is 2.18. The fourth-order valence-electron chi connectivity index (χ4n) is 1.38. The van der Waals surface area contributed by atoms with Gasteiger partial charge in [-0.1, -0.05) is 18.2 Å². The molecule has 0 aliphatic heterocycles. The quantitative estimate of drug-likeness (QED) is 0.628. The van der Waals surface area contributed by atoms with Crippen molar-refractivity contribution in [3.8, 4) is 0 Å². The summed E-state index contributed by atoms with van der Waals surface area (Å²) in [6, 6.07) is 5.97. The van der Waals surface area contributed by atoms with E-state index >= 15 is 0 Å². The minimum absolute atomic E-state index is 0.0525. The van der Waals surface area contributed by atoms with Crippen molar-refractivity contribution in [2.75, 3.05) is 0 Å². The number of carbonyl (C=O) groups excluding carboxylic acids is 1. The van der Waals surface area contributed by atoms with Crippen molar-refractivity contribution in [3.63, 3.8) is 0 Å².